The molecule has 8 nitrogen and oxygen atoms in total. The average Bonchev–Trinajstić information content (AvgIpc) is 3.43. The van der Waals surface area contributed by atoms with Crippen molar-refractivity contribution >= 4 is 32.4 Å². The van der Waals surface area contributed by atoms with Crippen LogP contribution in [0.4, 0.5) is 0 Å². The van der Waals surface area contributed by atoms with Gasteiger partial charge in [-0.25, -0.2) is 4.98 Å². The van der Waals surface area contributed by atoms with Crippen molar-refractivity contribution < 1.29 is 19.0 Å². The maximum Gasteiger partial charge on any atom is 0.222 e. The molecule has 2 aromatic heterocycles. The van der Waals surface area contributed by atoms with Crippen molar-refractivity contribution in [1.29, 1.82) is 0 Å². The van der Waals surface area contributed by atoms with E-state index in [1.807, 2.05) is 29.2 Å². The second kappa shape index (κ2) is 10.6. The van der Waals surface area contributed by atoms with Crippen LogP contribution in [0.2, 0.25) is 0 Å². The van der Waals surface area contributed by atoms with E-state index in [4.69, 9.17) is 19.2 Å². The number of benzene rings is 2. The minimum absolute atomic E-state index is 0.251. The summed E-state index contributed by atoms with van der Waals surface area (Å²) in [4.78, 5) is 23.0. The Labute approximate surface area is 221 Å². The van der Waals surface area contributed by atoms with Crippen molar-refractivity contribution in [2.75, 3.05) is 47.5 Å². The van der Waals surface area contributed by atoms with Crippen molar-refractivity contribution in [1.82, 2.24) is 19.2 Å². The van der Waals surface area contributed by atoms with Gasteiger partial charge in [0.05, 0.1) is 42.9 Å². The molecule has 0 aliphatic carbocycles. The largest absolute Gasteiger partial charge is 0.497 e. The van der Waals surface area contributed by atoms with Gasteiger partial charge in [0, 0.05) is 44.7 Å². The van der Waals surface area contributed by atoms with Crippen molar-refractivity contribution in [2.24, 2.45) is 5.92 Å². The van der Waals surface area contributed by atoms with Crippen LogP contribution in [0.15, 0.2) is 36.4 Å². The van der Waals surface area contributed by atoms with Crippen LogP contribution in [0.3, 0.4) is 0 Å². The molecule has 1 aliphatic heterocycles. The summed E-state index contributed by atoms with van der Waals surface area (Å²) in [7, 11) is 5.03. The molecule has 5 rings (SSSR count). The summed E-state index contributed by atoms with van der Waals surface area (Å²) in [6, 6.07) is 12.0. The van der Waals surface area contributed by atoms with E-state index in [1.54, 1.807) is 32.7 Å². The lowest BCUT2D eigenvalue weighted by molar-refractivity contribution is -0.133. The number of rotatable bonds is 8. The molecule has 1 saturated heterocycles. The number of hydrogen-bond acceptors (Lipinski definition) is 7. The number of fused-ring (bicyclic) bond motifs is 3. The Bertz CT molecular complexity index is 1420. The summed E-state index contributed by atoms with van der Waals surface area (Å²) in [5, 5.41) is 0. The highest BCUT2D eigenvalue weighted by Crippen LogP contribution is 2.39. The molecular formula is C28H34N4O4S. The highest BCUT2D eigenvalue weighted by molar-refractivity contribution is 7.23. The van der Waals surface area contributed by atoms with Gasteiger partial charge in [-0.1, -0.05) is 25.2 Å². The second-order valence-corrected chi connectivity index (χ2v) is 10.8. The number of hydrogen-bond donors (Lipinski definition) is 0. The fourth-order valence-electron chi connectivity index (χ4n) is 4.94. The molecule has 37 heavy (non-hydrogen) atoms. The van der Waals surface area contributed by atoms with Crippen LogP contribution in [0.25, 0.3) is 26.4 Å². The minimum Gasteiger partial charge on any atom is -0.497 e. The van der Waals surface area contributed by atoms with Crippen molar-refractivity contribution in [2.45, 2.75) is 26.8 Å². The highest BCUT2D eigenvalue weighted by Gasteiger charge is 2.26. The Morgan fingerprint density at radius 3 is 2.35 bits per heavy atom. The molecule has 2 aromatic carbocycles. The molecule has 4 aromatic rings. The van der Waals surface area contributed by atoms with E-state index in [-0.39, 0.29) is 5.91 Å². The SMILES string of the molecule is COc1ccc(OC)c(-c2nc3sc4cc(OC)ccc4n3c2CN2CCN(C(=O)CC(C)C)CC2)c1. The summed E-state index contributed by atoms with van der Waals surface area (Å²) in [6.07, 6.45) is 0.605. The van der Waals surface area contributed by atoms with E-state index < -0.39 is 0 Å². The molecule has 0 bridgehead atoms. The Kier molecular flexibility index (Phi) is 7.26. The number of carbonyl (C=O) groups is 1. The third-order valence-corrected chi connectivity index (χ3v) is 7.90. The van der Waals surface area contributed by atoms with E-state index in [0.717, 1.165) is 75.6 Å². The molecule has 1 aliphatic rings. The quantitative estimate of drug-likeness (QED) is 0.327. The van der Waals surface area contributed by atoms with Crippen LogP contribution in [0.1, 0.15) is 26.0 Å². The Morgan fingerprint density at radius 2 is 1.68 bits per heavy atom. The summed E-state index contributed by atoms with van der Waals surface area (Å²) < 4.78 is 20.1. The van der Waals surface area contributed by atoms with Gasteiger partial charge in [-0.05, 0) is 42.3 Å². The van der Waals surface area contributed by atoms with E-state index in [0.29, 0.717) is 18.9 Å². The molecule has 0 atom stereocenters. The molecule has 196 valence electrons. The molecule has 0 unspecified atom stereocenters. The minimum atomic E-state index is 0.251. The predicted molar refractivity (Wildman–Crippen MR) is 147 cm³/mol. The monoisotopic (exact) mass is 522 g/mol. The lowest BCUT2D eigenvalue weighted by Crippen LogP contribution is -2.48. The number of amides is 1. The third kappa shape index (κ3) is 4.98. The first-order valence-corrected chi connectivity index (χ1v) is 13.4. The van der Waals surface area contributed by atoms with Gasteiger partial charge < -0.3 is 19.1 Å². The molecule has 0 saturated carbocycles. The van der Waals surface area contributed by atoms with Crippen LogP contribution in [0, 0.1) is 5.92 Å². The van der Waals surface area contributed by atoms with Gasteiger partial charge in [-0.2, -0.15) is 0 Å². The number of imidazole rings is 1. The molecule has 0 radical (unpaired) electrons. The number of piperazine rings is 1. The van der Waals surface area contributed by atoms with Gasteiger partial charge in [0.15, 0.2) is 4.96 Å². The Morgan fingerprint density at radius 1 is 0.973 bits per heavy atom. The zero-order valence-electron chi connectivity index (χ0n) is 22.1. The predicted octanol–water partition coefficient (Wildman–Crippen LogP) is 4.93. The van der Waals surface area contributed by atoms with E-state index in [2.05, 4.69) is 35.3 Å². The van der Waals surface area contributed by atoms with Crippen LogP contribution in [-0.2, 0) is 11.3 Å². The maximum absolute atomic E-state index is 12.6. The number of methoxy groups -OCH3 is 3. The van der Waals surface area contributed by atoms with E-state index >= 15 is 0 Å². The number of carbonyl (C=O) groups excluding carboxylic acids is 1. The standard InChI is InChI=1S/C28H34N4O4S/c1-18(2)14-26(33)31-12-10-30(11-13-31)17-23-27(21-15-19(34-3)7-9-24(21)36-5)29-28-32(23)22-8-6-20(35-4)16-25(22)37-28/h6-9,15-16,18H,10-14,17H2,1-5H3. The lowest BCUT2D eigenvalue weighted by Gasteiger charge is -2.35. The van der Waals surface area contributed by atoms with Gasteiger partial charge in [-0.3, -0.25) is 14.1 Å². The number of aromatic nitrogens is 2. The molecule has 0 spiro atoms. The third-order valence-electron chi connectivity index (χ3n) is 6.89. The zero-order valence-corrected chi connectivity index (χ0v) is 22.9. The van der Waals surface area contributed by atoms with E-state index in [1.165, 1.54) is 0 Å². The van der Waals surface area contributed by atoms with Gasteiger partial charge in [0.25, 0.3) is 0 Å². The van der Waals surface area contributed by atoms with Gasteiger partial charge in [0.2, 0.25) is 5.91 Å². The first kappa shape index (κ1) is 25.4. The average molecular weight is 523 g/mol. The summed E-state index contributed by atoms with van der Waals surface area (Å²) >= 11 is 1.64. The lowest BCUT2D eigenvalue weighted by atomic mass is 10.1. The van der Waals surface area contributed by atoms with Gasteiger partial charge >= 0.3 is 0 Å². The van der Waals surface area contributed by atoms with Gasteiger partial charge in [-0.15, -0.1) is 0 Å². The fraction of sp³-hybridized carbons (Fsp3) is 0.429. The topological polar surface area (TPSA) is 68.5 Å². The number of nitrogens with zero attached hydrogens (tertiary/aromatic N) is 4. The van der Waals surface area contributed by atoms with Crippen molar-refractivity contribution in [3.05, 3.63) is 42.1 Å². The Balaban J connectivity index is 1.55. The van der Waals surface area contributed by atoms with E-state index in [9.17, 15) is 4.79 Å². The number of ether oxygens (including phenoxy) is 3. The zero-order chi connectivity index (χ0) is 26.1. The van der Waals surface area contributed by atoms with Crippen LogP contribution < -0.4 is 14.2 Å². The first-order valence-electron chi connectivity index (χ1n) is 12.6. The number of thiazole rings is 1. The van der Waals surface area contributed by atoms with Crippen molar-refractivity contribution in [3.8, 4) is 28.5 Å². The molecule has 3 heterocycles. The summed E-state index contributed by atoms with van der Waals surface area (Å²) in [5.41, 5.74) is 3.99. The van der Waals surface area contributed by atoms with Crippen LogP contribution in [0.5, 0.6) is 17.2 Å². The smallest absolute Gasteiger partial charge is 0.222 e. The molecule has 1 amide bonds. The van der Waals surface area contributed by atoms with Crippen LogP contribution in [-0.4, -0.2) is 72.6 Å². The summed E-state index contributed by atoms with van der Waals surface area (Å²) in [6.45, 7) is 8.02. The molecule has 9 heteroatoms. The summed E-state index contributed by atoms with van der Waals surface area (Å²) in [5.74, 6) is 2.96. The molecular weight excluding hydrogens is 488 g/mol. The molecule has 1 fully saturated rings. The second-order valence-electron chi connectivity index (χ2n) is 9.78. The van der Waals surface area contributed by atoms with Gasteiger partial charge in [0.1, 0.15) is 17.2 Å². The van der Waals surface area contributed by atoms with Crippen molar-refractivity contribution in [3.63, 3.8) is 0 Å². The fourth-order valence-corrected chi connectivity index (χ4v) is 6.01. The highest BCUT2D eigenvalue weighted by atomic mass is 32.1. The molecule has 0 N–H and O–H groups in total. The maximum atomic E-state index is 12.6. The first-order chi connectivity index (χ1) is 17.9. The van der Waals surface area contributed by atoms with Crippen LogP contribution >= 0.6 is 11.3 Å². The Hall–Kier alpha value is -3.30. The normalized spacial score (nSPS) is 14.6.